The molecule has 0 bridgehead atoms. The smallest absolute Gasteiger partial charge is 0.122 e. The lowest BCUT2D eigenvalue weighted by atomic mass is 10.2. The summed E-state index contributed by atoms with van der Waals surface area (Å²) < 4.78 is -1.57. The van der Waals surface area contributed by atoms with Crippen molar-refractivity contribution in [2.24, 2.45) is 0 Å². The maximum absolute atomic E-state index is 5.73. The summed E-state index contributed by atoms with van der Waals surface area (Å²) in [7, 11) is 0. The van der Waals surface area contributed by atoms with Gasteiger partial charge in [-0.2, -0.15) is 0 Å². The van der Waals surface area contributed by atoms with E-state index in [1.54, 1.807) is 6.92 Å². The van der Waals surface area contributed by atoms with Crippen molar-refractivity contribution in [3.8, 4) is 0 Å². The first-order valence-corrected chi connectivity index (χ1v) is 5.20. The predicted octanol–water partition coefficient (Wildman–Crippen LogP) is 4.20. The molecule has 0 amide bonds. The molecule has 0 spiro atoms. The Morgan fingerprint density at radius 3 is 1.45 bits per heavy atom. The predicted molar refractivity (Wildman–Crippen MR) is 54.9 cm³/mol. The topological polar surface area (TPSA) is 0 Å². The molecule has 0 rings (SSSR count). The van der Waals surface area contributed by atoms with Crippen molar-refractivity contribution in [3.63, 3.8) is 0 Å². The van der Waals surface area contributed by atoms with Gasteiger partial charge in [-0.15, -0.1) is 34.8 Å². The molecule has 3 atom stereocenters. The highest BCUT2D eigenvalue weighted by molar-refractivity contribution is 6.70. The highest BCUT2D eigenvalue weighted by Crippen LogP contribution is 2.38. The van der Waals surface area contributed by atoms with Gasteiger partial charge in [-0.1, -0.05) is 34.8 Å². The quantitative estimate of drug-likeness (QED) is 0.664. The maximum atomic E-state index is 5.73. The van der Waals surface area contributed by atoms with Crippen LogP contribution in [-0.2, 0) is 0 Å². The number of halogens is 6. The molecule has 11 heavy (non-hydrogen) atoms. The molecule has 3 unspecified atom stereocenters. The van der Waals surface area contributed by atoms with Gasteiger partial charge in [0.2, 0.25) is 3.79 Å². The van der Waals surface area contributed by atoms with Crippen LogP contribution in [0.4, 0.5) is 0 Å². The highest BCUT2D eigenvalue weighted by Gasteiger charge is 2.38. The summed E-state index contributed by atoms with van der Waals surface area (Å²) in [5.74, 6) is 0. The van der Waals surface area contributed by atoms with E-state index in [4.69, 9.17) is 69.6 Å². The Labute approximate surface area is 96.0 Å². The first kappa shape index (κ1) is 12.7. The Hall–Kier alpha value is 1.74. The number of hydrogen-bond donors (Lipinski definition) is 0. The van der Waals surface area contributed by atoms with Gasteiger partial charge in [0.05, 0.1) is 10.8 Å². The van der Waals surface area contributed by atoms with Crippen molar-refractivity contribution in [1.82, 2.24) is 0 Å². The summed E-state index contributed by atoms with van der Waals surface area (Å²) in [6.07, 6.45) is 0. The van der Waals surface area contributed by atoms with E-state index in [-0.39, 0.29) is 5.38 Å². The zero-order valence-corrected chi connectivity index (χ0v) is 10.0. The lowest BCUT2D eigenvalue weighted by Crippen LogP contribution is -2.33. The fourth-order valence-electron chi connectivity index (χ4n) is 0.413. The second-order valence-electron chi connectivity index (χ2n) is 2.07. The maximum Gasteiger partial charge on any atom is 0.208 e. The molecular weight excluding hydrogens is 273 g/mol. The van der Waals surface area contributed by atoms with Crippen molar-refractivity contribution in [2.75, 3.05) is 0 Å². The third-order valence-corrected chi connectivity index (χ3v) is 3.83. The van der Waals surface area contributed by atoms with Gasteiger partial charge in [0.15, 0.2) is 0 Å². The molecule has 0 heterocycles. The average molecular weight is 279 g/mol. The summed E-state index contributed by atoms with van der Waals surface area (Å²) in [6, 6.07) is 0. The number of rotatable bonds is 2. The van der Waals surface area contributed by atoms with Crippen LogP contribution in [0.15, 0.2) is 0 Å². The van der Waals surface area contributed by atoms with Gasteiger partial charge in [-0.3, -0.25) is 0 Å². The van der Waals surface area contributed by atoms with Crippen LogP contribution in [0, 0.1) is 0 Å². The second kappa shape index (κ2) is 4.83. The normalized spacial score (nSPS) is 21.0. The molecule has 0 aliphatic rings. The molecule has 0 N–H and O–H groups in total. The van der Waals surface area contributed by atoms with Gasteiger partial charge in [0.1, 0.15) is 0 Å². The van der Waals surface area contributed by atoms with Crippen LogP contribution in [0.3, 0.4) is 0 Å². The third kappa shape index (κ3) is 4.50. The molecule has 0 aromatic carbocycles. The van der Waals surface area contributed by atoms with Gasteiger partial charge < -0.3 is 0 Å². The molecule has 0 saturated carbocycles. The van der Waals surface area contributed by atoms with E-state index >= 15 is 0 Å². The second-order valence-corrected chi connectivity index (χ2v) is 6.10. The van der Waals surface area contributed by atoms with Crippen molar-refractivity contribution >= 4 is 69.6 Å². The Balaban J connectivity index is 4.13. The van der Waals surface area contributed by atoms with E-state index in [0.717, 1.165) is 0 Å². The third-order valence-electron chi connectivity index (χ3n) is 1.03. The molecule has 0 radical (unpaired) electrons. The van der Waals surface area contributed by atoms with E-state index in [2.05, 4.69) is 0 Å². The lowest BCUT2D eigenvalue weighted by Gasteiger charge is -2.24. The van der Waals surface area contributed by atoms with Crippen molar-refractivity contribution in [3.05, 3.63) is 0 Å². The number of hydrogen-bond acceptors (Lipinski definition) is 0. The van der Waals surface area contributed by atoms with Crippen LogP contribution in [-0.4, -0.2) is 19.9 Å². The van der Waals surface area contributed by atoms with Gasteiger partial charge in [-0.25, -0.2) is 0 Å². The van der Waals surface area contributed by atoms with Crippen molar-refractivity contribution in [2.45, 2.75) is 26.8 Å². The van der Waals surface area contributed by atoms with Crippen LogP contribution < -0.4 is 0 Å². The van der Waals surface area contributed by atoms with E-state index in [0.29, 0.717) is 0 Å². The Kier molecular flexibility index (Phi) is 5.60. The van der Waals surface area contributed by atoms with Gasteiger partial charge >= 0.3 is 0 Å². The Morgan fingerprint density at radius 2 is 1.36 bits per heavy atom. The molecule has 0 aliphatic carbocycles. The van der Waals surface area contributed by atoms with E-state index < -0.39 is 14.5 Å². The fourth-order valence-corrected chi connectivity index (χ4v) is 1.64. The molecular formula is C5H6Cl6. The standard InChI is InChI=1S/C5H6Cl6/c1-2(6)3(7)4(8)5(9,10)11/h2-4H,1H3. The summed E-state index contributed by atoms with van der Waals surface area (Å²) in [4.78, 5) is 0. The molecule has 0 aromatic heterocycles. The largest absolute Gasteiger partial charge is 0.208 e. The Morgan fingerprint density at radius 1 is 1.00 bits per heavy atom. The summed E-state index contributed by atoms with van der Waals surface area (Å²) in [5.41, 5.74) is 0. The fraction of sp³-hybridized carbons (Fsp3) is 1.00. The zero-order chi connectivity index (χ0) is 9.23. The van der Waals surface area contributed by atoms with Gasteiger partial charge in [0, 0.05) is 5.38 Å². The van der Waals surface area contributed by atoms with E-state index in [1.165, 1.54) is 0 Å². The summed E-state index contributed by atoms with van der Waals surface area (Å²) in [5, 5.41) is -1.69. The van der Waals surface area contributed by atoms with Crippen LogP contribution >= 0.6 is 69.6 Å². The molecule has 0 fully saturated rings. The minimum atomic E-state index is -1.57. The van der Waals surface area contributed by atoms with Crippen LogP contribution in [0.2, 0.25) is 0 Å². The average Bonchev–Trinajstić information content (AvgIpc) is 1.82. The highest BCUT2D eigenvalue weighted by atomic mass is 35.6. The summed E-state index contributed by atoms with van der Waals surface area (Å²) >= 11 is 33.5. The van der Waals surface area contributed by atoms with E-state index in [1.807, 2.05) is 0 Å². The first-order valence-electron chi connectivity index (χ1n) is 2.75. The minimum absolute atomic E-state index is 0.338. The van der Waals surface area contributed by atoms with Crippen LogP contribution in [0.5, 0.6) is 0 Å². The SMILES string of the molecule is CC(Cl)C(Cl)C(Cl)C(Cl)(Cl)Cl. The van der Waals surface area contributed by atoms with Crippen molar-refractivity contribution < 1.29 is 0 Å². The number of alkyl halides is 6. The van der Waals surface area contributed by atoms with Crippen LogP contribution in [0.25, 0.3) is 0 Å². The monoisotopic (exact) mass is 276 g/mol. The molecule has 0 aromatic rings. The van der Waals surface area contributed by atoms with Gasteiger partial charge in [0.25, 0.3) is 0 Å². The lowest BCUT2D eigenvalue weighted by molar-refractivity contribution is 0.758. The minimum Gasteiger partial charge on any atom is -0.122 e. The first-order chi connectivity index (χ1) is 4.76. The molecule has 68 valence electrons. The molecule has 0 aliphatic heterocycles. The van der Waals surface area contributed by atoms with Gasteiger partial charge in [-0.05, 0) is 6.92 Å². The van der Waals surface area contributed by atoms with Crippen LogP contribution in [0.1, 0.15) is 6.92 Å². The molecule has 0 nitrogen and oxygen atoms in total. The zero-order valence-electron chi connectivity index (χ0n) is 5.50. The molecule has 6 heteroatoms. The van der Waals surface area contributed by atoms with Crippen molar-refractivity contribution in [1.29, 1.82) is 0 Å². The molecule has 0 saturated heterocycles. The van der Waals surface area contributed by atoms with E-state index in [9.17, 15) is 0 Å². The Bertz CT molecular complexity index is 117. The summed E-state index contributed by atoms with van der Waals surface area (Å²) in [6.45, 7) is 1.69.